The van der Waals surface area contributed by atoms with Crippen LogP contribution in [-0.2, 0) is 4.79 Å². The standard InChI is InChI=1S/C23H44ClNO/c1-4-5-6-7-8-9-10-11-12-13-14-15-16-17-18-22(19-20-24)25-23(26)21(2)3/h22H,2,4-20H2,1,3H3,(H,25,26). The van der Waals surface area contributed by atoms with Crippen molar-refractivity contribution in [2.45, 2.75) is 123 Å². The minimum absolute atomic E-state index is 0.0366. The number of unbranched alkanes of at least 4 members (excludes halogenated alkanes) is 13. The lowest BCUT2D eigenvalue weighted by atomic mass is 10.0. The summed E-state index contributed by atoms with van der Waals surface area (Å²) < 4.78 is 0. The molecule has 0 heterocycles. The van der Waals surface area contributed by atoms with Gasteiger partial charge < -0.3 is 5.32 Å². The second-order valence-corrected chi connectivity index (χ2v) is 8.19. The summed E-state index contributed by atoms with van der Waals surface area (Å²) in [6.45, 7) is 7.72. The molecular formula is C23H44ClNO. The molecule has 1 unspecified atom stereocenters. The van der Waals surface area contributed by atoms with Crippen molar-refractivity contribution in [3.63, 3.8) is 0 Å². The fourth-order valence-corrected chi connectivity index (χ4v) is 3.58. The number of alkyl halides is 1. The minimum atomic E-state index is -0.0366. The predicted octanol–water partition coefficient (Wildman–Crippen LogP) is 7.55. The van der Waals surface area contributed by atoms with E-state index in [1.807, 2.05) is 0 Å². The van der Waals surface area contributed by atoms with Gasteiger partial charge in [-0.05, 0) is 19.8 Å². The zero-order valence-electron chi connectivity index (χ0n) is 17.6. The summed E-state index contributed by atoms with van der Waals surface area (Å²) in [5.41, 5.74) is 0.575. The van der Waals surface area contributed by atoms with Crippen LogP contribution < -0.4 is 5.32 Å². The van der Waals surface area contributed by atoms with E-state index in [1.165, 1.54) is 89.9 Å². The Labute approximate surface area is 168 Å². The van der Waals surface area contributed by atoms with Crippen molar-refractivity contribution >= 4 is 17.5 Å². The lowest BCUT2D eigenvalue weighted by Crippen LogP contribution is -2.35. The van der Waals surface area contributed by atoms with Crippen molar-refractivity contribution in [3.8, 4) is 0 Å². The molecule has 0 aliphatic heterocycles. The fourth-order valence-electron chi connectivity index (χ4n) is 3.31. The molecule has 3 heteroatoms. The largest absolute Gasteiger partial charge is 0.350 e. The molecule has 154 valence electrons. The van der Waals surface area contributed by atoms with Crippen molar-refractivity contribution in [2.24, 2.45) is 0 Å². The maximum absolute atomic E-state index is 11.7. The number of halogens is 1. The van der Waals surface area contributed by atoms with Crippen LogP contribution in [0.15, 0.2) is 12.2 Å². The molecule has 0 rings (SSSR count). The number of hydrogen-bond acceptors (Lipinski definition) is 1. The zero-order valence-corrected chi connectivity index (χ0v) is 18.3. The maximum Gasteiger partial charge on any atom is 0.246 e. The van der Waals surface area contributed by atoms with E-state index in [0.29, 0.717) is 11.5 Å². The fraction of sp³-hybridized carbons (Fsp3) is 0.870. The quantitative estimate of drug-likeness (QED) is 0.139. The van der Waals surface area contributed by atoms with Crippen LogP contribution in [0.3, 0.4) is 0 Å². The van der Waals surface area contributed by atoms with Crippen molar-refractivity contribution in [2.75, 3.05) is 5.88 Å². The lowest BCUT2D eigenvalue weighted by Gasteiger charge is -2.17. The number of carbonyl (C=O) groups is 1. The van der Waals surface area contributed by atoms with E-state index < -0.39 is 0 Å². The first-order valence-electron chi connectivity index (χ1n) is 11.1. The van der Waals surface area contributed by atoms with Crippen LogP contribution in [-0.4, -0.2) is 17.8 Å². The number of amides is 1. The Hall–Kier alpha value is -0.500. The highest BCUT2D eigenvalue weighted by molar-refractivity contribution is 6.17. The van der Waals surface area contributed by atoms with Crippen LogP contribution in [0, 0.1) is 0 Å². The van der Waals surface area contributed by atoms with Gasteiger partial charge in [-0.2, -0.15) is 0 Å². The van der Waals surface area contributed by atoms with Gasteiger partial charge >= 0.3 is 0 Å². The van der Waals surface area contributed by atoms with Crippen molar-refractivity contribution in [3.05, 3.63) is 12.2 Å². The molecule has 0 saturated heterocycles. The maximum atomic E-state index is 11.7. The van der Waals surface area contributed by atoms with Gasteiger partial charge in [0.2, 0.25) is 5.91 Å². The van der Waals surface area contributed by atoms with Gasteiger partial charge in [0.15, 0.2) is 0 Å². The van der Waals surface area contributed by atoms with E-state index >= 15 is 0 Å². The molecule has 0 radical (unpaired) electrons. The summed E-state index contributed by atoms with van der Waals surface area (Å²) in [6, 6.07) is 0.203. The molecule has 0 aromatic heterocycles. The van der Waals surface area contributed by atoms with E-state index in [9.17, 15) is 4.79 Å². The molecule has 0 saturated carbocycles. The molecule has 0 spiro atoms. The Bertz CT molecular complexity index is 343. The van der Waals surface area contributed by atoms with Crippen molar-refractivity contribution in [1.29, 1.82) is 0 Å². The summed E-state index contributed by atoms with van der Waals surface area (Å²) in [5.74, 6) is 0.560. The zero-order chi connectivity index (χ0) is 19.5. The van der Waals surface area contributed by atoms with Gasteiger partial charge in [-0.1, -0.05) is 103 Å². The molecule has 1 amide bonds. The van der Waals surface area contributed by atoms with Crippen LogP contribution in [0.5, 0.6) is 0 Å². The summed E-state index contributed by atoms with van der Waals surface area (Å²) >= 11 is 5.85. The molecule has 0 aliphatic carbocycles. The molecule has 0 fully saturated rings. The lowest BCUT2D eigenvalue weighted by molar-refractivity contribution is -0.118. The van der Waals surface area contributed by atoms with Gasteiger partial charge in [0.1, 0.15) is 0 Å². The topological polar surface area (TPSA) is 29.1 Å². The summed E-state index contributed by atoms with van der Waals surface area (Å²) in [7, 11) is 0. The number of nitrogens with one attached hydrogen (secondary N) is 1. The molecule has 0 aromatic carbocycles. The smallest absolute Gasteiger partial charge is 0.246 e. The molecule has 26 heavy (non-hydrogen) atoms. The number of rotatable bonds is 19. The molecule has 1 N–H and O–H groups in total. The van der Waals surface area contributed by atoms with Crippen LogP contribution in [0.4, 0.5) is 0 Å². The van der Waals surface area contributed by atoms with E-state index in [-0.39, 0.29) is 11.9 Å². The highest BCUT2D eigenvalue weighted by Crippen LogP contribution is 2.14. The highest BCUT2D eigenvalue weighted by Gasteiger charge is 2.11. The van der Waals surface area contributed by atoms with Crippen LogP contribution >= 0.6 is 11.6 Å². The van der Waals surface area contributed by atoms with Crippen LogP contribution in [0.25, 0.3) is 0 Å². The minimum Gasteiger partial charge on any atom is -0.350 e. The summed E-state index contributed by atoms with van der Waals surface area (Å²) in [4.78, 5) is 11.7. The van der Waals surface area contributed by atoms with Gasteiger partial charge in [-0.3, -0.25) is 4.79 Å². The third kappa shape index (κ3) is 16.9. The van der Waals surface area contributed by atoms with Gasteiger partial charge in [0.05, 0.1) is 0 Å². The molecule has 0 aliphatic rings. The second-order valence-electron chi connectivity index (χ2n) is 7.81. The Kier molecular flexibility index (Phi) is 18.9. The highest BCUT2D eigenvalue weighted by atomic mass is 35.5. The number of carbonyl (C=O) groups excluding carboxylic acids is 1. The average molecular weight is 386 g/mol. The summed E-state index contributed by atoms with van der Waals surface area (Å²) in [6.07, 6.45) is 21.1. The summed E-state index contributed by atoms with van der Waals surface area (Å²) in [5, 5.41) is 3.04. The van der Waals surface area contributed by atoms with Gasteiger partial charge in [-0.25, -0.2) is 0 Å². The van der Waals surface area contributed by atoms with Crippen LogP contribution in [0.2, 0.25) is 0 Å². The third-order valence-corrected chi connectivity index (χ3v) is 5.30. The van der Waals surface area contributed by atoms with Gasteiger partial charge in [0, 0.05) is 17.5 Å². The SMILES string of the molecule is C=C(C)C(=O)NC(CCCl)CCCCCCCCCCCCCCCC. The molecule has 2 nitrogen and oxygen atoms in total. The molecular weight excluding hydrogens is 342 g/mol. The molecule has 0 aromatic rings. The molecule has 1 atom stereocenters. The Morgan fingerprint density at radius 2 is 1.23 bits per heavy atom. The first kappa shape index (κ1) is 25.5. The first-order valence-corrected chi connectivity index (χ1v) is 11.7. The average Bonchev–Trinajstić information content (AvgIpc) is 2.61. The van der Waals surface area contributed by atoms with E-state index in [1.54, 1.807) is 6.92 Å². The van der Waals surface area contributed by atoms with Gasteiger partial charge in [0.25, 0.3) is 0 Å². The molecule has 0 bridgehead atoms. The van der Waals surface area contributed by atoms with Gasteiger partial charge in [-0.15, -0.1) is 11.6 Å². The van der Waals surface area contributed by atoms with E-state index in [0.717, 1.165) is 12.8 Å². The van der Waals surface area contributed by atoms with Crippen molar-refractivity contribution in [1.82, 2.24) is 5.32 Å². The first-order chi connectivity index (χ1) is 12.6. The van der Waals surface area contributed by atoms with Crippen molar-refractivity contribution < 1.29 is 4.79 Å². The number of hydrogen-bond donors (Lipinski definition) is 1. The predicted molar refractivity (Wildman–Crippen MR) is 117 cm³/mol. The van der Waals surface area contributed by atoms with Crippen LogP contribution in [0.1, 0.15) is 117 Å². The normalized spacial score (nSPS) is 12.1. The van der Waals surface area contributed by atoms with E-state index in [4.69, 9.17) is 11.6 Å². The third-order valence-electron chi connectivity index (χ3n) is 5.09. The Balaban J connectivity index is 3.42. The van der Waals surface area contributed by atoms with E-state index in [2.05, 4.69) is 18.8 Å². The second kappa shape index (κ2) is 19.3. The monoisotopic (exact) mass is 385 g/mol. The Morgan fingerprint density at radius 1 is 0.808 bits per heavy atom. The Morgan fingerprint density at radius 3 is 1.62 bits per heavy atom.